The molecule has 21 heteroatoms. The van der Waals surface area contributed by atoms with Gasteiger partial charge in [0.2, 0.25) is 0 Å². The van der Waals surface area contributed by atoms with Gasteiger partial charge in [-0.25, -0.2) is 16.8 Å². The minimum atomic E-state index is -5.10. The Morgan fingerprint density at radius 2 is 1.21 bits per heavy atom. The highest BCUT2D eigenvalue weighted by Gasteiger charge is 2.25. The fourth-order valence-corrected chi connectivity index (χ4v) is 7.00. The van der Waals surface area contributed by atoms with Crippen molar-refractivity contribution in [2.75, 3.05) is 22.7 Å². The zero-order valence-electron chi connectivity index (χ0n) is 24.9. The van der Waals surface area contributed by atoms with Crippen LogP contribution in [0, 0.1) is 0 Å². The van der Waals surface area contributed by atoms with E-state index in [2.05, 4.69) is 25.8 Å². The van der Waals surface area contributed by atoms with Gasteiger partial charge < -0.3 is 15.5 Å². The molecule has 0 heterocycles. The Hall–Kier alpha value is -4.54. The van der Waals surface area contributed by atoms with E-state index in [1.807, 2.05) is 0 Å². The molecule has 0 spiro atoms. The summed E-state index contributed by atoms with van der Waals surface area (Å²) in [6, 6.07) is 12.1. The molecule has 48 heavy (non-hydrogen) atoms. The van der Waals surface area contributed by atoms with Crippen LogP contribution in [0.4, 0.5) is 28.4 Å². The fourth-order valence-electron chi connectivity index (χ4n) is 4.15. The molecule has 0 aromatic heterocycles. The first-order valence-electron chi connectivity index (χ1n) is 13.5. The highest BCUT2D eigenvalue weighted by molar-refractivity contribution is 7.91. The first-order valence-corrected chi connectivity index (χ1v) is 19.8. The highest BCUT2D eigenvalue weighted by atomic mass is 32.2. The van der Waals surface area contributed by atoms with Crippen molar-refractivity contribution < 1.29 is 53.0 Å². The van der Waals surface area contributed by atoms with Gasteiger partial charge in [-0.1, -0.05) is 13.8 Å². The third-order valence-corrected chi connectivity index (χ3v) is 11.6. The average molecular weight is 742 g/mol. The number of azo groups is 2. The molecular formula is C27H27N5O12S4. The van der Waals surface area contributed by atoms with E-state index in [0.717, 1.165) is 6.07 Å². The van der Waals surface area contributed by atoms with E-state index in [0.29, 0.717) is 6.07 Å². The second-order valence-electron chi connectivity index (χ2n) is 9.86. The summed E-state index contributed by atoms with van der Waals surface area (Å²) in [7, 11) is -17.1. The molecule has 5 N–H and O–H groups in total. The third-order valence-electron chi connectivity index (χ3n) is 6.72. The minimum absolute atomic E-state index is 0.0203. The van der Waals surface area contributed by atoms with Crippen molar-refractivity contribution in [1.29, 1.82) is 0 Å². The maximum Gasteiger partial charge on any atom is 0.298 e. The van der Waals surface area contributed by atoms with E-state index >= 15 is 0 Å². The molecule has 0 saturated carbocycles. The number of anilines is 1. The van der Waals surface area contributed by atoms with Gasteiger partial charge in [-0.2, -0.15) is 21.9 Å². The number of aromatic hydroxyl groups is 2. The van der Waals surface area contributed by atoms with Crippen molar-refractivity contribution in [1.82, 2.24) is 0 Å². The lowest BCUT2D eigenvalue weighted by Gasteiger charge is -2.12. The molecule has 4 aromatic rings. The van der Waals surface area contributed by atoms with Crippen molar-refractivity contribution in [2.45, 2.75) is 28.5 Å². The summed E-state index contributed by atoms with van der Waals surface area (Å²) in [4.78, 5) is -1.64. The predicted octanol–water partition coefficient (Wildman–Crippen LogP) is 5.17. The topological polar surface area (TPSA) is 279 Å². The number of phenolic OH excluding ortho intramolecular Hbond substituents is 2. The Kier molecular flexibility index (Phi) is 10.2. The molecule has 0 aliphatic heterocycles. The largest absolute Gasteiger partial charge is 0.505 e. The number of nitrogens with zero attached hydrogens (tertiary/aromatic N) is 4. The quantitative estimate of drug-likeness (QED) is 0.0926. The Morgan fingerprint density at radius 1 is 0.625 bits per heavy atom. The first-order chi connectivity index (χ1) is 22.3. The third kappa shape index (κ3) is 8.11. The Labute approximate surface area is 275 Å². The number of sulfone groups is 2. The number of fused-ring (bicyclic) bond motifs is 1. The van der Waals surface area contributed by atoms with Gasteiger partial charge in [-0.3, -0.25) is 9.11 Å². The Balaban J connectivity index is 1.83. The molecule has 0 fully saturated rings. The minimum Gasteiger partial charge on any atom is -0.505 e. The smallest absolute Gasteiger partial charge is 0.298 e. The van der Waals surface area contributed by atoms with Crippen LogP contribution in [0.15, 0.2) is 95.8 Å². The molecule has 0 radical (unpaired) electrons. The second-order valence-corrected chi connectivity index (χ2v) is 17.3. The van der Waals surface area contributed by atoms with Crippen molar-refractivity contribution in [3.8, 4) is 11.5 Å². The number of benzene rings is 4. The first kappa shape index (κ1) is 36.3. The fraction of sp³-hybridized carbons (Fsp3) is 0.185. The van der Waals surface area contributed by atoms with Crippen LogP contribution in [0.2, 0.25) is 0 Å². The average Bonchev–Trinajstić information content (AvgIpc) is 3.02. The van der Waals surface area contributed by atoms with Crippen molar-refractivity contribution in [3.05, 3.63) is 60.7 Å². The normalized spacial score (nSPS) is 13.1. The molecule has 0 amide bonds. The van der Waals surface area contributed by atoms with Gasteiger partial charge >= 0.3 is 0 Å². The van der Waals surface area contributed by atoms with Crippen LogP contribution in [0.25, 0.3) is 10.8 Å². The molecule has 0 aliphatic carbocycles. The summed E-state index contributed by atoms with van der Waals surface area (Å²) in [5.74, 6) is -3.11. The van der Waals surface area contributed by atoms with Crippen molar-refractivity contribution in [3.63, 3.8) is 0 Å². The molecule has 4 rings (SSSR count). The highest BCUT2D eigenvalue weighted by Crippen LogP contribution is 2.44. The van der Waals surface area contributed by atoms with Crippen LogP contribution in [0.5, 0.6) is 11.5 Å². The van der Waals surface area contributed by atoms with Crippen LogP contribution in [-0.2, 0) is 39.9 Å². The number of nitrogens with one attached hydrogen (secondary N) is 1. The molecule has 17 nitrogen and oxygen atoms in total. The van der Waals surface area contributed by atoms with Gasteiger partial charge in [0.05, 0.1) is 32.7 Å². The van der Waals surface area contributed by atoms with Crippen LogP contribution in [-0.4, -0.2) is 70.4 Å². The number of rotatable bonds is 12. The Morgan fingerprint density at radius 3 is 1.79 bits per heavy atom. The maximum atomic E-state index is 12.4. The molecule has 0 saturated heterocycles. The lowest BCUT2D eigenvalue weighted by Crippen LogP contribution is -2.13. The lowest BCUT2D eigenvalue weighted by molar-refractivity contribution is 0.443. The number of phenols is 2. The molecule has 0 bridgehead atoms. The van der Waals surface area contributed by atoms with Crippen LogP contribution >= 0.6 is 0 Å². The van der Waals surface area contributed by atoms with Gasteiger partial charge in [0.1, 0.15) is 27.8 Å². The van der Waals surface area contributed by atoms with Crippen molar-refractivity contribution >= 4 is 79.1 Å². The van der Waals surface area contributed by atoms with E-state index < -0.39 is 78.5 Å². The summed E-state index contributed by atoms with van der Waals surface area (Å²) in [5.41, 5.74) is -0.664. The molecule has 0 aliphatic rings. The summed E-state index contributed by atoms with van der Waals surface area (Å²) in [6.07, 6.45) is 0. The zero-order chi connectivity index (χ0) is 35.7. The van der Waals surface area contributed by atoms with Gasteiger partial charge in [-0.05, 0) is 60.7 Å². The van der Waals surface area contributed by atoms with E-state index in [1.165, 1.54) is 62.4 Å². The second kappa shape index (κ2) is 13.5. The van der Waals surface area contributed by atoms with Gasteiger partial charge in [0.15, 0.2) is 31.2 Å². The van der Waals surface area contributed by atoms with Gasteiger partial charge in [-0.15, -0.1) is 15.3 Å². The molecular weight excluding hydrogens is 715 g/mol. The predicted molar refractivity (Wildman–Crippen MR) is 174 cm³/mol. The SMILES string of the molecule is CCS(=O)(=O)c1ccc(N=Nc2c(NCS(=O)(=O)O)ccc3c(O)c(N=Nc4cc(S(=O)(=O)CC)cc(S(=O)(=O)O)c4O)ccc23)cc1. The van der Waals surface area contributed by atoms with Crippen molar-refractivity contribution in [2.24, 2.45) is 20.5 Å². The standard InChI is InChI=1S/C27H27N5O12S4/c1-3-45(35,36)17-7-5-16(6-8-17)29-32-25-19-9-12-22(26(33)20(19)10-11-21(25)28-15-47(39,40)41)30-31-23-13-18(46(37,38)4-2)14-24(27(23)34)48(42,43)44/h5-14,28,33-34H,3-4,15H2,1-2H3,(H,39,40,41)(H,42,43,44). The van der Waals surface area contributed by atoms with E-state index in [1.54, 1.807) is 0 Å². The summed E-state index contributed by atoms with van der Waals surface area (Å²) in [6.45, 7) is 2.78. The van der Waals surface area contributed by atoms with Crippen LogP contribution < -0.4 is 5.32 Å². The number of hydrogen-bond acceptors (Lipinski definition) is 15. The van der Waals surface area contributed by atoms with E-state index in [-0.39, 0.29) is 44.2 Å². The van der Waals surface area contributed by atoms with Gasteiger partial charge in [0, 0.05) is 10.8 Å². The number of hydrogen-bond donors (Lipinski definition) is 5. The summed E-state index contributed by atoms with van der Waals surface area (Å²) >= 11 is 0. The van der Waals surface area contributed by atoms with Crippen LogP contribution in [0.3, 0.4) is 0 Å². The zero-order valence-corrected chi connectivity index (χ0v) is 28.1. The van der Waals surface area contributed by atoms with E-state index in [9.17, 15) is 53.0 Å². The van der Waals surface area contributed by atoms with E-state index in [4.69, 9.17) is 0 Å². The maximum absolute atomic E-state index is 12.4. The molecule has 4 aromatic carbocycles. The van der Waals surface area contributed by atoms with Crippen LogP contribution in [0.1, 0.15) is 13.8 Å². The monoisotopic (exact) mass is 741 g/mol. The molecule has 0 unspecified atom stereocenters. The lowest BCUT2D eigenvalue weighted by atomic mass is 10.1. The molecule has 256 valence electrons. The Bertz CT molecular complexity index is 2410. The molecule has 0 atom stereocenters. The summed E-state index contributed by atoms with van der Waals surface area (Å²) in [5, 5.41) is 40.0. The van der Waals surface area contributed by atoms with Gasteiger partial charge in [0.25, 0.3) is 20.2 Å². The summed E-state index contributed by atoms with van der Waals surface area (Å²) < 4.78 is 114.